The Bertz CT molecular complexity index is 644. The van der Waals surface area contributed by atoms with Gasteiger partial charge in [0.1, 0.15) is 22.3 Å². The van der Waals surface area contributed by atoms with E-state index < -0.39 is 0 Å². The third-order valence-corrected chi connectivity index (χ3v) is 3.67. The normalized spacial score (nSPS) is 10.3. The minimum Gasteiger partial charge on any atom is -0.497 e. The highest BCUT2D eigenvalue weighted by Gasteiger charge is 2.16. The van der Waals surface area contributed by atoms with Gasteiger partial charge in [-0.1, -0.05) is 17.7 Å². The van der Waals surface area contributed by atoms with Gasteiger partial charge in [0.15, 0.2) is 0 Å². The second kappa shape index (κ2) is 6.70. The van der Waals surface area contributed by atoms with Gasteiger partial charge in [0.25, 0.3) is 0 Å². The molecule has 2 aromatic rings. The van der Waals surface area contributed by atoms with Crippen LogP contribution in [0.1, 0.15) is 5.56 Å². The van der Waals surface area contributed by atoms with Gasteiger partial charge in [0, 0.05) is 12.1 Å². The standard InChI is InChI=1S/C16H18ClNO3/c1-19-11-4-5-12(10(8-11)9-18)13-6-7-14(20-2)15(17)16(13)21-3/h4-8H,9,18H2,1-3H3. The molecule has 2 N–H and O–H groups in total. The fourth-order valence-electron chi connectivity index (χ4n) is 2.24. The molecule has 0 spiro atoms. The van der Waals surface area contributed by atoms with Crippen molar-refractivity contribution >= 4 is 11.6 Å². The molecule has 0 atom stereocenters. The van der Waals surface area contributed by atoms with Crippen LogP contribution < -0.4 is 19.9 Å². The van der Waals surface area contributed by atoms with Crippen LogP contribution in [0.2, 0.25) is 5.02 Å². The Morgan fingerprint density at radius 3 is 2.24 bits per heavy atom. The number of nitrogens with two attached hydrogens (primary N) is 1. The van der Waals surface area contributed by atoms with Gasteiger partial charge in [-0.2, -0.15) is 0 Å². The van der Waals surface area contributed by atoms with Crippen LogP contribution in [0.25, 0.3) is 11.1 Å². The smallest absolute Gasteiger partial charge is 0.149 e. The van der Waals surface area contributed by atoms with E-state index >= 15 is 0 Å². The molecule has 112 valence electrons. The summed E-state index contributed by atoms with van der Waals surface area (Å²) in [5.74, 6) is 1.90. The fraction of sp³-hybridized carbons (Fsp3) is 0.250. The molecule has 2 rings (SSSR count). The lowest BCUT2D eigenvalue weighted by atomic mass is 9.98. The van der Waals surface area contributed by atoms with Gasteiger partial charge in [-0.3, -0.25) is 0 Å². The molecular formula is C16H18ClNO3. The van der Waals surface area contributed by atoms with E-state index in [1.54, 1.807) is 21.3 Å². The van der Waals surface area contributed by atoms with Crippen LogP contribution in [0.3, 0.4) is 0 Å². The average molecular weight is 308 g/mol. The van der Waals surface area contributed by atoms with Gasteiger partial charge in [0.05, 0.1) is 21.3 Å². The summed E-state index contributed by atoms with van der Waals surface area (Å²) in [6.45, 7) is 0.388. The Morgan fingerprint density at radius 1 is 0.952 bits per heavy atom. The monoisotopic (exact) mass is 307 g/mol. The zero-order valence-electron chi connectivity index (χ0n) is 12.3. The SMILES string of the molecule is COc1ccc(-c2ccc(OC)c(Cl)c2OC)c(CN)c1. The molecule has 0 unspecified atom stereocenters. The summed E-state index contributed by atoms with van der Waals surface area (Å²) in [7, 11) is 4.77. The molecule has 21 heavy (non-hydrogen) atoms. The summed E-state index contributed by atoms with van der Waals surface area (Å²) in [6, 6.07) is 9.45. The van der Waals surface area contributed by atoms with Gasteiger partial charge in [0.2, 0.25) is 0 Å². The molecule has 5 heteroatoms. The van der Waals surface area contributed by atoms with E-state index in [0.29, 0.717) is 23.1 Å². The van der Waals surface area contributed by atoms with Crippen LogP contribution in [0.4, 0.5) is 0 Å². The number of rotatable bonds is 5. The Hall–Kier alpha value is -1.91. The van der Waals surface area contributed by atoms with Crippen molar-refractivity contribution < 1.29 is 14.2 Å². The third kappa shape index (κ3) is 2.91. The molecule has 0 aliphatic carbocycles. The van der Waals surface area contributed by atoms with Crippen LogP contribution in [0, 0.1) is 0 Å². The lowest BCUT2D eigenvalue weighted by Gasteiger charge is -2.16. The predicted octanol–water partition coefficient (Wildman–Crippen LogP) is 3.49. The molecule has 0 radical (unpaired) electrons. The van der Waals surface area contributed by atoms with Crippen molar-refractivity contribution in [2.75, 3.05) is 21.3 Å². The highest BCUT2D eigenvalue weighted by molar-refractivity contribution is 6.34. The molecule has 0 heterocycles. The Morgan fingerprint density at radius 2 is 1.67 bits per heavy atom. The maximum Gasteiger partial charge on any atom is 0.149 e. The highest BCUT2D eigenvalue weighted by Crippen LogP contribution is 2.43. The summed E-state index contributed by atoms with van der Waals surface area (Å²) < 4.78 is 15.9. The predicted molar refractivity (Wildman–Crippen MR) is 84.4 cm³/mol. The minimum absolute atomic E-state index is 0.388. The van der Waals surface area contributed by atoms with Crippen molar-refractivity contribution in [1.29, 1.82) is 0 Å². The van der Waals surface area contributed by atoms with Crippen molar-refractivity contribution in [3.63, 3.8) is 0 Å². The van der Waals surface area contributed by atoms with E-state index in [1.165, 1.54) is 0 Å². The second-order valence-electron chi connectivity index (χ2n) is 4.39. The summed E-state index contributed by atoms with van der Waals surface area (Å²) >= 11 is 6.31. The maximum absolute atomic E-state index is 6.31. The molecule has 0 aliphatic heterocycles. The topological polar surface area (TPSA) is 53.7 Å². The Labute approximate surface area is 129 Å². The number of methoxy groups -OCH3 is 3. The van der Waals surface area contributed by atoms with Gasteiger partial charge in [-0.15, -0.1) is 0 Å². The number of benzene rings is 2. The van der Waals surface area contributed by atoms with Crippen LogP contribution in [0.5, 0.6) is 17.2 Å². The van der Waals surface area contributed by atoms with Gasteiger partial charge in [-0.05, 0) is 35.4 Å². The number of hydrogen-bond acceptors (Lipinski definition) is 4. The summed E-state index contributed by atoms with van der Waals surface area (Å²) in [6.07, 6.45) is 0. The molecule has 0 bridgehead atoms. The van der Waals surface area contributed by atoms with Crippen LogP contribution in [-0.4, -0.2) is 21.3 Å². The van der Waals surface area contributed by atoms with Crippen LogP contribution in [-0.2, 0) is 6.54 Å². The maximum atomic E-state index is 6.31. The molecule has 0 saturated carbocycles. The Kier molecular flexibility index (Phi) is 4.94. The van der Waals surface area contributed by atoms with E-state index in [4.69, 9.17) is 31.5 Å². The van der Waals surface area contributed by atoms with Gasteiger partial charge < -0.3 is 19.9 Å². The first-order chi connectivity index (χ1) is 10.2. The molecule has 0 saturated heterocycles. The van der Waals surface area contributed by atoms with Crippen molar-refractivity contribution in [2.24, 2.45) is 5.73 Å². The minimum atomic E-state index is 0.388. The molecule has 0 fully saturated rings. The molecular weight excluding hydrogens is 290 g/mol. The number of ether oxygens (including phenoxy) is 3. The summed E-state index contributed by atoms with van der Waals surface area (Å²) in [4.78, 5) is 0. The van der Waals surface area contributed by atoms with E-state index in [2.05, 4.69) is 0 Å². The number of halogens is 1. The van der Waals surface area contributed by atoms with E-state index in [1.807, 2.05) is 30.3 Å². The van der Waals surface area contributed by atoms with Crippen LogP contribution in [0.15, 0.2) is 30.3 Å². The largest absolute Gasteiger partial charge is 0.497 e. The first-order valence-electron chi connectivity index (χ1n) is 6.44. The lowest BCUT2D eigenvalue weighted by molar-refractivity contribution is 0.396. The fourth-order valence-corrected chi connectivity index (χ4v) is 2.56. The van der Waals surface area contributed by atoms with Crippen molar-refractivity contribution in [2.45, 2.75) is 6.54 Å². The zero-order valence-corrected chi connectivity index (χ0v) is 13.0. The lowest BCUT2D eigenvalue weighted by Crippen LogP contribution is -2.01. The van der Waals surface area contributed by atoms with E-state index in [-0.39, 0.29) is 0 Å². The molecule has 0 aliphatic rings. The third-order valence-electron chi connectivity index (χ3n) is 3.31. The first kappa shape index (κ1) is 15.5. The van der Waals surface area contributed by atoms with Gasteiger partial charge >= 0.3 is 0 Å². The Balaban J connectivity index is 2.64. The second-order valence-corrected chi connectivity index (χ2v) is 4.77. The summed E-state index contributed by atoms with van der Waals surface area (Å²) in [5.41, 5.74) is 8.62. The number of hydrogen-bond donors (Lipinski definition) is 1. The van der Waals surface area contributed by atoms with Crippen molar-refractivity contribution in [3.8, 4) is 28.4 Å². The quantitative estimate of drug-likeness (QED) is 0.918. The molecule has 2 aromatic carbocycles. The van der Waals surface area contributed by atoms with Gasteiger partial charge in [-0.25, -0.2) is 0 Å². The summed E-state index contributed by atoms with van der Waals surface area (Å²) in [5, 5.41) is 0.441. The van der Waals surface area contributed by atoms with E-state index in [0.717, 1.165) is 22.4 Å². The molecule has 4 nitrogen and oxygen atoms in total. The van der Waals surface area contributed by atoms with Crippen LogP contribution >= 0.6 is 11.6 Å². The molecule has 0 aromatic heterocycles. The van der Waals surface area contributed by atoms with Crippen molar-refractivity contribution in [3.05, 3.63) is 40.9 Å². The zero-order chi connectivity index (χ0) is 15.4. The first-order valence-corrected chi connectivity index (χ1v) is 6.81. The average Bonchev–Trinajstić information content (AvgIpc) is 2.53. The molecule has 0 amide bonds. The van der Waals surface area contributed by atoms with Crippen molar-refractivity contribution in [1.82, 2.24) is 0 Å². The highest BCUT2D eigenvalue weighted by atomic mass is 35.5. The van der Waals surface area contributed by atoms with E-state index in [9.17, 15) is 0 Å².